The molecule has 0 saturated carbocycles. The monoisotopic (exact) mass is 355 g/mol. The van der Waals surface area contributed by atoms with Crippen LogP contribution in [0.25, 0.3) is 10.4 Å². The highest BCUT2D eigenvalue weighted by Gasteiger charge is 2.22. The number of carbonyl (C=O) groups is 1. The van der Waals surface area contributed by atoms with Gasteiger partial charge in [-0.1, -0.05) is 27.9 Å². The van der Waals surface area contributed by atoms with Gasteiger partial charge < -0.3 is 5.32 Å². The molecular weight excluding hydrogens is 338 g/mol. The number of hydrogen-bond acceptors (Lipinski definition) is 6. The molecule has 9 heteroatoms. The van der Waals surface area contributed by atoms with Crippen molar-refractivity contribution >= 4 is 32.4 Å². The minimum atomic E-state index is -3.94. The van der Waals surface area contributed by atoms with Crippen molar-refractivity contribution in [3.8, 4) is 10.4 Å². The Kier molecular flexibility index (Phi) is 5.15. The van der Waals surface area contributed by atoms with E-state index in [2.05, 4.69) is 10.3 Å². The lowest BCUT2D eigenvalue weighted by Gasteiger charge is -2.13. The van der Waals surface area contributed by atoms with E-state index in [9.17, 15) is 18.4 Å². The molecule has 0 unspecified atom stereocenters. The minimum absolute atomic E-state index is 0.00627. The van der Waals surface area contributed by atoms with Gasteiger partial charge in [0.15, 0.2) is 5.13 Å². The van der Waals surface area contributed by atoms with Crippen molar-refractivity contribution in [1.82, 2.24) is 9.45 Å². The average Bonchev–Trinajstić information content (AvgIpc) is 2.86. The van der Waals surface area contributed by atoms with Gasteiger partial charge in [0.25, 0.3) is 10.0 Å². The van der Waals surface area contributed by atoms with E-state index in [1.807, 2.05) is 0 Å². The van der Waals surface area contributed by atoms with Gasteiger partial charge in [0.05, 0.1) is 15.5 Å². The fraction of sp³-hybridized carbons (Fsp3) is 0.286. The van der Waals surface area contributed by atoms with Gasteiger partial charge in [-0.2, -0.15) is 0 Å². The quantitative estimate of drug-likeness (QED) is 0.803. The Morgan fingerprint density at radius 3 is 2.74 bits per heavy atom. The first-order chi connectivity index (χ1) is 10.8. The summed E-state index contributed by atoms with van der Waals surface area (Å²) in [5, 5.41) is 12.6. The fourth-order valence-corrected chi connectivity index (χ4v) is 4.08. The van der Waals surface area contributed by atoms with E-state index in [1.54, 1.807) is 19.1 Å². The van der Waals surface area contributed by atoms with E-state index in [0.717, 1.165) is 4.88 Å². The summed E-state index contributed by atoms with van der Waals surface area (Å²) in [6.45, 7) is 4.67. The Bertz CT molecular complexity index is 830. The lowest BCUT2D eigenvalue weighted by Crippen LogP contribution is -2.27. The number of sulfonamides is 1. The SMILES string of the molecule is CCN(O)S(=O)(=O)c1cccc(-c2sc(NC(C)=O)nc2C)c1. The predicted molar refractivity (Wildman–Crippen MR) is 87.9 cm³/mol. The number of hydroxylamine groups is 1. The Hall–Kier alpha value is -1.81. The maximum atomic E-state index is 12.2. The second-order valence-corrected chi connectivity index (χ2v) is 7.63. The van der Waals surface area contributed by atoms with Crippen molar-refractivity contribution in [3.63, 3.8) is 0 Å². The molecule has 1 amide bonds. The van der Waals surface area contributed by atoms with E-state index in [0.29, 0.717) is 20.9 Å². The number of anilines is 1. The number of aryl methyl sites for hydroxylation is 1. The molecule has 0 bridgehead atoms. The molecular formula is C14H17N3O4S2. The fourth-order valence-electron chi connectivity index (χ4n) is 1.96. The molecule has 0 spiro atoms. The summed E-state index contributed by atoms with van der Waals surface area (Å²) in [4.78, 5) is 16.1. The molecule has 0 radical (unpaired) electrons. The van der Waals surface area contributed by atoms with Crippen LogP contribution in [0.4, 0.5) is 5.13 Å². The van der Waals surface area contributed by atoms with Crippen LogP contribution in [0.15, 0.2) is 29.2 Å². The number of aromatic nitrogens is 1. The summed E-state index contributed by atoms with van der Waals surface area (Å²) < 4.78 is 24.7. The zero-order chi connectivity index (χ0) is 17.2. The predicted octanol–water partition coefficient (Wildman–Crippen LogP) is 2.48. The van der Waals surface area contributed by atoms with Crippen LogP contribution < -0.4 is 5.32 Å². The molecule has 2 N–H and O–H groups in total. The molecule has 7 nitrogen and oxygen atoms in total. The molecule has 0 atom stereocenters. The lowest BCUT2D eigenvalue weighted by atomic mass is 10.2. The third-order valence-corrected chi connectivity index (χ3v) is 5.81. The zero-order valence-electron chi connectivity index (χ0n) is 12.9. The molecule has 0 fully saturated rings. The number of rotatable bonds is 5. The summed E-state index contributed by atoms with van der Waals surface area (Å²) in [5.41, 5.74) is 1.34. The molecule has 1 aromatic carbocycles. The maximum Gasteiger partial charge on any atom is 0.264 e. The summed E-state index contributed by atoms with van der Waals surface area (Å²) >= 11 is 1.26. The van der Waals surface area contributed by atoms with Crippen LogP contribution >= 0.6 is 11.3 Å². The first-order valence-electron chi connectivity index (χ1n) is 6.82. The molecule has 2 aromatic rings. The van der Waals surface area contributed by atoms with Gasteiger partial charge in [-0.25, -0.2) is 13.4 Å². The summed E-state index contributed by atoms with van der Waals surface area (Å²) in [6.07, 6.45) is 0. The Morgan fingerprint density at radius 1 is 1.43 bits per heavy atom. The number of benzene rings is 1. The summed E-state index contributed by atoms with van der Waals surface area (Å²) in [5.74, 6) is -0.222. The molecule has 0 saturated heterocycles. The highest BCUT2D eigenvalue weighted by Crippen LogP contribution is 2.34. The van der Waals surface area contributed by atoms with Gasteiger partial charge in [-0.15, -0.1) is 0 Å². The van der Waals surface area contributed by atoms with E-state index in [-0.39, 0.29) is 17.3 Å². The van der Waals surface area contributed by atoms with Crippen molar-refractivity contribution in [2.45, 2.75) is 25.7 Å². The number of hydrogen-bond donors (Lipinski definition) is 2. The van der Waals surface area contributed by atoms with Crippen LogP contribution in [-0.4, -0.2) is 35.5 Å². The molecule has 1 heterocycles. The second kappa shape index (κ2) is 6.75. The lowest BCUT2D eigenvalue weighted by molar-refractivity contribution is -0.114. The van der Waals surface area contributed by atoms with Gasteiger partial charge in [0.2, 0.25) is 5.91 Å². The number of amides is 1. The summed E-state index contributed by atoms with van der Waals surface area (Å²) in [6, 6.07) is 6.25. The number of nitrogens with one attached hydrogen (secondary N) is 1. The van der Waals surface area contributed by atoms with E-state index >= 15 is 0 Å². The zero-order valence-corrected chi connectivity index (χ0v) is 14.5. The smallest absolute Gasteiger partial charge is 0.264 e. The molecule has 2 rings (SSSR count). The van der Waals surface area contributed by atoms with Gasteiger partial charge in [0.1, 0.15) is 0 Å². The van der Waals surface area contributed by atoms with Gasteiger partial charge in [-0.05, 0) is 31.5 Å². The van der Waals surface area contributed by atoms with Crippen LogP contribution in [0.2, 0.25) is 0 Å². The highest BCUT2D eigenvalue weighted by atomic mass is 32.2. The molecule has 124 valence electrons. The molecule has 0 aliphatic heterocycles. The normalized spacial score (nSPS) is 11.7. The topological polar surface area (TPSA) is 99.6 Å². The minimum Gasteiger partial charge on any atom is -0.302 e. The molecule has 0 aliphatic carbocycles. The Balaban J connectivity index is 2.45. The van der Waals surface area contributed by atoms with Crippen LogP contribution in [0.5, 0.6) is 0 Å². The first-order valence-corrected chi connectivity index (χ1v) is 9.08. The highest BCUT2D eigenvalue weighted by molar-refractivity contribution is 7.89. The molecule has 0 aliphatic rings. The number of thiazole rings is 1. The number of nitrogens with zero attached hydrogens (tertiary/aromatic N) is 2. The van der Waals surface area contributed by atoms with Crippen molar-refractivity contribution in [2.75, 3.05) is 11.9 Å². The van der Waals surface area contributed by atoms with Crippen molar-refractivity contribution < 1.29 is 18.4 Å². The second-order valence-electron chi connectivity index (χ2n) is 4.79. The Labute approximate surface area is 138 Å². The first kappa shape index (κ1) is 17.5. The van der Waals surface area contributed by atoms with Crippen molar-refractivity contribution in [2.24, 2.45) is 0 Å². The van der Waals surface area contributed by atoms with Gasteiger partial charge >= 0.3 is 0 Å². The summed E-state index contributed by atoms with van der Waals surface area (Å²) in [7, 11) is -3.94. The number of carbonyl (C=O) groups excluding carboxylic acids is 1. The Morgan fingerprint density at radius 2 is 2.13 bits per heavy atom. The van der Waals surface area contributed by atoms with Gasteiger partial charge in [0, 0.05) is 13.5 Å². The van der Waals surface area contributed by atoms with E-state index < -0.39 is 10.0 Å². The van der Waals surface area contributed by atoms with Crippen LogP contribution in [0.1, 0.15) is 19.5 Å². The van der Waals surface area contributed by atoms with Crippen LogP contribution in [0, 0.1) is 6.92 Å². The maximum absolute atomic E-state index is 12.2. The third-order valence-electron chi connectivity index (χ3n) is 3.02. The van der Waals surface area contributed by atoms with Crippen molar-refractivity contribution in [1.29, 1.82) is 0 Å². The molecule has 1 aromatic heterocycles. The van der Waals surface area contributed by atoms with Crippen molar-refractivity contribution in [3.05, 3.63) is 30.0 Å². The molecule has 23 heavy (non-hydrogen) atoms. The largest absolute Gasteiger partial charge is 0.302 e. The van der Waals surface area contributed by atoms with Crippen LogP contribution in [-0.2, 0) is 14.8 Å². The standard InChI is InChI=1S/C14H17N3O4S2/c1-4-17(19)23(20,21)12-7-5-6-11(8-12)13-9(2)15-14(22-13)16-10(3)18/h5-8,19H,4H2,1-3H3,(H,15,16,18). The van der Waals surface area contributed by atoms with E-state index in [1.165, 1.54) is 37.3 Å². The van der Waals surface area contributed by atoms with E-state index in [4.69, 9.17) is 0 Å². The van der Waals surface area contributed by atoms with Gasteiger partial charge in [-0.3, -0.25) is 10.0 Å². The third kappa shape index (κ3) is 3.75. The average molecular weight is 355 g/mol. The van der Waals surface area contributed by atoms with Crippen LogP contribution in [0.3, 0.4) is 0 Å².